The Morgan fingerprint density at radius 3 is 2.96 bits per heavy atom. The number of hydrogen-bond donors (Lipinski definition) is 1. The van der Waals surface area contributed by atoms with E-state index in [9.17, 15) is 4.79 Å². The van der Waals surface area contributed by atoms with Crippen molar-refractivity contribution >= 4 is 23.0 Å². The predicted molar refractivity (Wildman–Crippen MR) is 112 cm³/mol. The molecule has 0 radical (unpaired) electrons. The Labute approximate surface area is 165 Å². The number of amides is 1. The number of nitrogens with zero attached hydrogens (tertiary/aromatic N) is 4. The van der Waals surface area contributed by atoms with E-state index >= 15 is 0 Å². The van der Waals surface area contributed by atoms with Gasteiger partial charge in [-0.05, 0) is 69.1 Å². The van der Waals surface area contributed by atoms with Gasteiger partial charge in [-0.3, -0.25) is 14.9 Å². The van der Waals surface area contributed by atoms with Crippen molar-refractivity contribution in [1.29, 1.82) is 0 Å². The number of carbonyl (C=O) groups is 1. The minimum atomic E-state index is 0.676. The fourth-order valence-corrected chi connectivity index (χ4v) is 4.09. The second-order valence-corrected chi connectivity index (χ2v) is 7.62. The standard InChI is InChI=1S/C22H27N5O/c1-3-26-10-7-17(14-26)8-11-27(15-28)19-4-5-21-20(13-19)22(25-24-21)18-6-9-23-16(2)12-18/h4-6,9,12-13,15,17H,3,7-8,10-11,14H2,1-2H3,(H,24,25)/t17-/m0/s1. The molecule has 0 saturated carbocycles. The number of benzene rings is 1. The first-order chi connectivity index (χ1) is 13.7. The van der Waals surface area contributed by atoms with Crippen LogP contribution < -0.4 is 4.90 Å². The maximum absolute atomic E-state index is 11.8. The molecule has 0 bridgehead atoms. The minimum Gasteiger partial charge on any atom is -0.315 e. The van der Waals surface area contributed by atoms with Gasteiger partial charge in [0.15, 0.2) is 0 Å². The highest BCUT2D eigenvalue weighted by Gasteiger charge is 2.22. The molecule has 3 aromatic rings. The van der Waals surface area contributed by atoms with Crippen molar-refractivity contribution in [2.24, 2.45) is 5.92 Å². The predicted octanol–water partition coefficient (Wildman–Crippen LogP) is 3.63. The zero-order chi connectivity index (χ0) is 19.5. The summed E-state index contributed by atoms with van der Waals surface area (Å²) in [5, 5.41) is 8.61. The van der Waals surface area contributed by atoms with Gasteiger partial charge >= 0.3 is 0 Å². The molecule has 6 nitrogen and oxygen atoms in total. The van der Waals surface area contributed by atoms with Crippen LogP contribution in [0.15, 0.2) is 36.5 Å². The molecule has 1 saturated heterocycles. The van der Waals surface area contributed by atoms with E-state index in [1.54, 1.807) is 6.20 Å². The summed E-state index contributed by atoms with van der Waals surface area (Å²) in [5.74, 6) is 0.676. The van der Waals surface area contributed by atoms with E-state index in [0.717, 1.165) is 66.0 Å². The fraction of sp³-hybridized carbons (Fsp3) is 0.409. The van der Waals surface area contributed by atoms with Crippen LogP contribution in [0.1, 0.15) is 25.5 Å². The van der Waals surface area contributed by atoms with E-state index in [1.165, 1.54) is 13.0 Å². The molecule has 0 spiro atoms. The van der Waals surface area contributed by atoms with Gasteiger partial charge in [0.05, 0.1) is 5.52 Å². The first kappa shape index (κ1) is 18.6. The van der Waals surface area contributed by atoms with Crippen LogP contribution in [0.2, 0.25) is 0 Å². The Bertz CT molecular complexity index is 966. The summed E-state index contributed by atoms with van der Waals surface area (Å²) in [6.45, 7) is 8.37. The van der Waals surface area contributed by atoms with Gasteiger partial charge in [0, 0.05) is 41.6 Å². The third-order valence-electron chi connectivity index (χ3n) is 5.77. The number of aromatic nitrogens is 3. The van der Waals surface area contributed by atoms with Crippen molar-refractivity contribution in [3.63, 3.8) is 0 Å². The summed E-state index contributed by atoms with van der Waals surface area (Å²) in [4.78, 5) is 20.4. The zero-order valence-electron chi connectivity index (χ0n) is 16.6. The number of aryl methyl sites for hydroxylation is 1. The van der Waals surface area contributed by atoms with Crippen molar-refractivity contribution in [1.82, 2.24) is 20.1 Å². The molecule has 1 amide bonds. The molecule has 1 fully saturated rings. The lowest BCUT2D eigenvalue weighted by Crippen LogP contribution is -2.25. The van der Waals surface area contributed by atoms with Crippen LogP contribution in [-0.2, 0) is 4.79 Å². The molecule has 28 heavy (non-hydrogen) atoms. The number of aromatic amines is 1. The normalized spacial score (nSPS) is 17.3. The van der Waals surface area contributed by atoms with E-state index < -0.39 is 0 Å². The van der Waals surface area contributed by atoms with E-state index in [0.29, 0.717) is 5.92 Å². The smallest absolute Gasteiger partial charge is 0.214 e. The Balaban J connectivity index is 1.55. The summed E-state index contributed by atoms with van der Waals surface area (Å²) >= 11 is 0. The fourth-order valence-electron chi connectivity index (χ4n) is 4.09. The molecule has 1 atom stereocenters. The van der Waals surface area contributed by atoms with Crippen LogP contribution in [0.25, 0.3) is 22.2 Å². The van der Waals surface area contributed by atoms with Gasteiger partial charge in [-0.1, -0.05) is 6.92 Å². The molecule has 1 N–H and O–H groups in total. The third-order valence-corrected chi connectivity index (χ3v) is 5.77. The number of nitrogens with one attached hydrogen (secondary N) is 1. The SMILES string of the molecule is CCN1CC[C@@H](CCN(C=O)c2ccc3[nH]nc(-c4ccnc(C)c4)c3c2)C1. The maximum atomic E-state index is 11.8. The van der Waals surface area contributed by atoms with Crippen molar-refractivity contribution in [3.8, 4) is 11.3 Å². The van der Waals surface area contributed by atoms with Crippen LogP contribution in [0.3, 0.4) is 0 Å². The Morgan fingerprint density at radius 2 is 2.21 bits per heavy atom. The number of likely N-dealkylation sites (tertiary alicyclic amines) is 1. The Morgan fingerprint density at radius 1 is 1.32 bits per heavy atom. The summed E-state index contributed by atoms with van der Waals surface area (Å²) < 4.78 is 0. The second kappa shape index (κ2) is 8.10. The van der Waals surface area contributed by atoms with Gasteiger partial charge < -0.3 is 9.80 Å². The van der Waals surface area contributed by atoms with Crippen molar-refractivity contribution in [2.75, 3.05) is 31.1 Å². The van der Waals surface area contributed by atoms with Crippen LogP contribution in [-0.4, -0.2) is 52.7 Å². The molecular formula is C22H27N5O. The number of rotatable bonds is 7. The first-order valence-corrected chi connectivity index (χ1v) is 10.0. The highest BCUT2D eigenvalue weighted by molar-refractivity contribution is 5.96. The van der Waals surface area contributed by atoms with E-state index in [-0.39, 0.29) is 0 Å². The number of carbonyl (C=O) groups excluding carboxylic acids is 1. The molecular weight excluding hydrogens is 350 g/mol. The molecule has 1 aliphatic heterocycles. The summed E-state index contributed by atoms with van der Waals surface area (Å²) in [6, 6.07) is 10.0. The van der Waals surface area contributed by atoms with Crippen LogP contribution in [0.4, 0.5) is 5.69 Å². The van der Waals surface area contributed by atoms with E-state index in [4.69, 9.17) is 0 Å². The topological polar surface area (TPSA) is 65.1 Å². The molecule has 6 heteroatoms. The Hall–Kier alpha value is -2.73. The number of pyridine rings is 1. The third kappa shape index (κ3) is 3.78. The monoisotopic (exact) mass is 377 g/mol. The zero-order valence-corrected chi connectivity index (χ0v) is 16.6. The number of anilines is 1. The highest BCUT2D eigenvalue weighted by Crippen LogP contribution is 2.30. The van der Waals surface area contributed by atoms with Crippen molar-refractivity contribution < 1.29 is 4.79 Å². The average Bonchev–Trinajstić information content (AvgIpc) is 3.35. The number of H-pyrrole nitrogens is 1. The summed E-state index contributed by atoms with van der Waals surface area (Å²) in [6.07, 6.45) is 5.01. The average molecular weight is 377 g/mol. The molecule has 146 valence electrons. The Kier molecular flexibility index (Phi) is 5.39. The van der Waals surface area contributed by atoms with Gasteiger partial charge in [0.2, 0.25) is 6.41 Å². The molecule has 4 rings (SSSR count). The molecule has 1 aromatic carbocycles. The minimum absolute atomic E-state index is 0.676. The van der Waals surface area contributed by atoms with Gasteiger partial charge in [-0.2, -0.15) is 5.10 Å². The molecule has 0 aliphatic carbocycles. The van der Waals surface area contributed by atoms with E-state index in [2.05, 4.69) is 33.1 Å². The highest BCUT2D eigenvalue weighted by atomic mass is 16.1. The van der Waals surface area contributed by atoms with Gasteiger partial charge in [0.1, 0.15) is 5.69 Å². The molecule has 0 unspecified atom stereocenters. The van der Waals surface area contributed by atoms with Gasteiger partial charge in [-0.15, -0.1) is 0 Å². The van der Waals surface area contributed by atoms with E-state index in [1.807, 2.05) is 36.1 Å². The quantitative estimate of drug-likeness (QED) is 0.639. The number of hydrogen-bond acceptors (Lipinski definition) is 4. The molecule has 2 aromatic heterocycles. The lowest BCUT2D eigenvalue weighted by molar-refractivity contribution is -0.107. The summed E-state index contributed by atoms with van der Waals surface area (Å²) in [5.41, 5.74) is 4.76. The second-order valence-electron chi connectivity index (χ2n) is 7.62. The van der Waals surface area contributed by atoms with Gasteiger partial charge in [-0.25, -0.2) is 0 Å². The largest absolute Gasteiger partial charge is 0.315 e. The maximum Gasteiger partial charge on any atom is 0.214 e. The molecule has 3 heterocycles. The van der Waals surface area contributed by atoms with Gasteiger partial charge in [0.25, 0.3) is 0 Å². The van der Waals surface area contributed by atoms with Crippen LogP contribution in [0.5, 0.6) is 0 Å². The summed E-state index contributed by atoms with van der Waals surface area (Å²) in [7, 11) is 0. The molecule has 1 aliphatic rings. The van der Waals surface area contributed by atoms with Crippen LogP contribution in [0, 0.1) is 12.8 Å². The van der Waals surface area contributed by atoms with Crippen LogP contribution >= 0.6 is 0 Å². The lowest BCUT2D eigenvalue weighted by atomic mass is 10.0. The van der Waals surface area contributed by atoms with Crippen molar-refractivity contribution in [2.45, 2.75) is 26.7 Å². The number of fused-ring (bicyclic) bond motifs is 1. The first-order valence-electron chi connectivity index (χ1n) is 10.0. The lowest BCUT2D eigenvalue weighted by Gasteiger charge is -2.20. The van der Waals surface area contributed by atoms with Crippen molar-refractivity contribution in [3.05, 3.63) is 42.2 Å².